The van der Waals surface area contributed by atoms with Crippen LogP contribution in [0.1, 0.15) is 28.5 Å². The van der Waals surface area contributed by atoms with Gasteiger partial charge in [-0.05, 0) is 48.0 Å². The Morgan fingerprint density at radius 1 is 1.04 bits per heavy atom. The monoisotopic (exact) mass is 373 g/mol. The van der Waals surface area contributed by atoms with Gasteiger partial charge in [0.15, 0.2) is 10.1 Å². The van der Waals surface area contributed by atoms with Gasteiger partial charge in [0.25, 0.3) is 0 Å². The molecule has 0 saturated carbocycles. The molecule has 0 aliphatic rings. The number of nitrogens with zero attached hydrogens (tertiary/aromatic N) is 1. The van der Waals surface area contributed by atoms with Crippen LogP contribution in [0.2, 0.25) is 0 Å². The zero-order valence-corrected chi connectivity index (χ0v) is 15.1. The predicted molar refractivity (Wildman–Crippen MR) is 107 cm³/mol. The summed E-state index contributed by atoms with van der Waals surface area (Å²) in [4.78, 5) is 4.59. The molecule has 3 aromatic rings. The Morgan fingerprint density at radius 2 is 1.79 bits per heavy atom. The summed E-state index contributed by atoms with van der Waals surface area (Å²) in [6.45, 7) is 0. The zero-order valence-electron chi connectivity index (χ0n) is 12.7. The van der Waals surface area contributed by atoms with Crippen molar-refractivity contribution in [2.24, 2.45) is 0 Å². The second-order valence-corrected chi connectivity index (χ2v) is 7.39. The molecule has 3 rings (SSSR count). The fourth-order valence-corrected chi connectivity index (χ4v) is 4.20. The maximum Gasteiger partial charge on any atom is 0.167 e. The molecule has 0 fully saturated rings. The number of hydrogen-bond donors (Lipinski definition) is 2. The topological polar surface area (TPSA) is 53.4 Å². The van der Waals surface area contributed by atoms with Crippen molar-refractivity contribution in [1.82, 2.24) is 4.98 Å². The van der Waals surface area contributed by atoms with E-state index in [2.05, 4.69) is 23.2 Å². The minimum atomic E-state index is -0.542. The highest BCUT2D eigenvalue weighted by Crippen LogP contribution is 2.33. The maximum absolute atomic E-state index is 9.77. The molecule has 0 saturated heterocycles. The Morgan fingerprint density at radius 3 is 2.46 bits per heavy atom. The number of aliphatic hydroxyl groups is 2. The number of fused-ring (bicyclic) bond motifs is 1. The number of benzene rings is 2. The average Bonchev–Trinajstić information content (AvgIpc) is 2.98. The SMILES string of the molecule is OC(=S)CC(C(O)=S)c1nc2cccc(Cc3ccccc3)c2s1. The third kappa shape index (κ3) is 3.77. The first-order valence-electron chi connectivity index (χ1n) is 7.41. The summed E-state index contributed by atoms with van der Waals surface area (Å²) in [5.74, 6) is -0.542. The lowest BCUT2D eigenvalue weighted by Crippen LogP contribution is -2.13. The van der Waals surface area contributed by atoms with Crippen molar-refractivity contribution >= 4 is 56.1 Å². The molecule has 3 nitrogen and oxygen atoms in total. The van der Waals surface area contributed by atoms with Crippen molar-refractivity contribution < 1.29 is 10.2 Å². The number of thiazole rings is 1. The number of aromatic nitrogens is 1. The average molecular weight is 374 g/mol. The van der Waals surface area contributed by atoms with Gasteiger partial charge in [0.1, 0.15) is 5.01 Å². The standard InChI is InChI=1S/C18H15NO2S3/c20-15(22)10-13(18(21)23)17-19-14-8-4-7-12(16(14)24-17)9-11-5-2-1-3-6-11/h1-8,13H,9-10H2,(H,20,22)(H,21,23). The lowest BCUT2D eigenvalue weighted by atomic mass is 10.0. The Labute approximate surface area is 154 Å². The molecule has 122 valence electrons. The minimum absolute atomic E-state index is 0.110. The predicted octanol–water partition coefficient (Wildman–Crippen LogP) is 5.13. The summed E-state index contributed by atoms with van der Waals surface area (Å²) in [5.41, 5.74) is 3.27. The second-order valence-electron chi connectivity index (χ2n) is 5.47. The van der Waals surface area contributed by atoms with E-state index in [9.17, 15) is 10.2 Å². The molecule has 2 aromatic carbocycles. The molecule has 0 aliphatic carbocycles. The number of thiocarbonyl (C=S) groups is 2. The summed E-state index contributed by atoms with van der Waals surface area (Å²) in [7, 11) is 0. The minimum Gasteiger partial charge on any atom is -0.502 e. The van der Waals surface area contributed by atoms with Gasteiger partial charge < -0.3 is 10.2 Å². The molecule has 2 N–H and O–H groups in total. The normalized spacial score (nSPS) is 12.2. The van der Waals surface area contributed by atoms with Crippen LogP contribution in [0.4, 0.5) is 0 Å². The van der Waals surface area contributed by atoms with Gasteiger partial charge in [-0.15, -0.1) is 11.3 Å². The van der Waals surface area contributed by atoms with Crippen LogP contribution in [0.25, 0.3) is 10.2 Å². The fourth-order valence-electron chi connectivity index (χ4n) is 2.58. The van der Waals surface area contributed by atoms with Gasteiger partial charge in [-0.1, -0.05) is 42.5 Å². The summed E-state index contributed by atoms with van der Waals surface area (Å²) in [5, 5.41) is 19.5. The number of rotatable bonds is 6. The van der Waals surface area contributed by atoms with Crippen molar-refractivity contribution in [1.29, 1.82) is 0 Å². The molecule has 0 spiro atoms. The van der Waals surface area contributed by atoms with Gasteiger partial charge >= 0.3 is 0 Å². The third-order valence-electron chi connectivity index (χ3n) is 3.73. The van der Waals surface area contributed by atoms with Crippen LogP contribution in [0.5, 0.6) is 0 Å². The van der Waals surface area contributed by atoms with E-state index >= 15 is 0 Å². The highest BCUT2D eigenvalue weighted by Gasteiger charge is 2.23. The van der Waals surface area contributed by atoms with Crippen molar-refractivity contribution in [3.05, 3.63) is 64.7 Å². The molecular weight excluding hydrogens is 358 g/mol. The van der Waals surface area contributed by atoms with Crippen molar-refractivity contribution in [3.63, 3.8) is 0 Å². The van der Waals surface area contributed by atoms with Gasteiger partial charge in [0.05, 0.1) is 16.1 Å². The molecule has 0 bridgehead atoms. The van der Waals surface area contributed by atoms with Gasteiger partial charge in [0.2, 0.25) is 0 Å². The van der Waals surface area contributed by atoms with Crippen LogP contribution < -0.4 is 0 Å². The van der Waals surface area contributed by atoms with Gasteiger partial charge in [-0.2, -0.15) is 0 Å². The van der Waals surface area contributed by atoms with E-state index in [1.165, 1.54) is 22.5 Å². The Hall–Kier alpha value is -1.89. The first kappa shape index (κ1) is 17.0. The quantitative estimate of drug-likeness (QED) is 0.587. The summed E-state index contributed by atoms with van der Waals surface area (Å²) in [6, 6.07) is 16.2. The van der Waals surface area contributed by atoms with Crippen molar-refractivity contribution in [2.75, 3.05) is 0 Å². The van der Waals surface area contributed by atoms with E-state index in [1.54, 1.807) is 0 Å². The van der Waals surface area contributed by atoms with Gasteiger partial charge in [-0.3, -0.25) is 0 Å². The number of aliphatic hydroxyl groups excluding tert-OH is 2. The van der Waals surface area contributed by atoms with Crippen LogP contribution in [0.3, 0.4) is 0 Å². The van der Waals surface area contributed by atoms with E-state index in [0.717, 1.165) is 16.6 Å². The lowest BCUT2D eigenvalue weighted by Gasteiger charge is -2.09. The molecule has 0 radical (unpaired) electrons. The van der Waals surface area contributed by atoms with E-state index in [1.807, 2.05) is 30.3 Å². The third-order valence-corrected chi connectivity index (χ3v) is 5.44. The first-order chi connectivity index (χ1) is 11.5. The molecular formula is C18H15NO2S3. The molecule has 0 aliphatic heterocycles. The van der Waals surface area contributed by atoms with Gasteiger partial charge in [-0.25, -0.2) is 4.98 Å². The summed E-state index contributed by atoms with van der Waals surface area (Å²) in [6.07, 6.45) is 0.922. The van der Waals surface area contributed by atoms with E-state index in [0.29, 0.717) is 5.01 Å². The first-order valence-corrected chi connectivity index (χ1v) is 9.04. The fraction of sp³-hybridized carbons (Fsp3) is 0.167. The molecule has 1 unspecified atom stereocenters. The van der Waals surface area contributed by atoms with Crippen LogP contribution in [0, 0.1) is 0 Å². The smallest absolute Gasteiger partial charge is 0.167 e. The Bertz CT molecular complexity index is 890. The molecule has 0 amide bonds. The van der Waals surface area contributed by atoms with Crippen LogP contribution in [-0.2, 0) is 6.42 Å². The Kier molecular flexibility index (Phi) is 5.18. The Balaban J connectivity index is 2.00. The van der Waals surface area contributed by atoms with Crippen LogP contribution in [0.15, 0.2) is 48.5 Å². The lowest BCUT2D eigenvalue weighted by molar-refractivity contribution is 0.511. The second kappa shape index (κ2) is 7.34. The summed E-state index contributed by atoms with van der Waals surface area (Å²) < 4.78 is 1.07. The highest BCUT2D eigenvalue weighted by molar-refractivity contribution is 7.80. The molecule has 24 heavy (non-hydrogen) atoms. The largest absolute Gasteiger partial charge is 0.502 e. The molecule has 1 aromatic heterocycles. The van der Waals surface area contributed by atoms with E-state index in [-0.39, 0.29) is 16.5 Å². The zero-order chi connectivity index (χ0) is 17.1. The van der Waals surface area contributed by atoms with Crippen LogP contribution >= 0.6 is 35.8 Å². The van der Waals surface area contributed by atoms with Gasteiger partial charge in [0, 0.05) is 6.42 Å². The maximum atomic E-state index is 9.77. The molecule has 1 atom stereocenters. The molecule has 6 heteroatoms. The van der Waals surface area contributed by atoms with Crippen LogP contribution in [-0.4, -0.2) is 25.3 Å². The van der Waals surface area contributed by atoms with E-state index < -0.39 is 5.92 Å². The van der Waals surface area contributed by atoms with E-state index in [4.69, 9.17) is 24.4 Å². The molecule has 1 heterocycles. The van der Waals surface area contributed by atoms with Crippen molar-refractivity contribution in [3.8, 4) is 0 Å². The summed E-state index contributed by atoms with van der Waals surface area (Å²) >= 11 is 11.1. The number of hydrogen-bond acceptors (Lipinski definition) is 4. The highest BCUT2D eigenvalue weighted by atomic mass is 32.1. The van der Waals surface area contributed by atoms with Crippen molar-refractivity contribution in [2.45, 2.75) is 18.8 Å².